The van der Waals surface area contributed by atoms with Crippen LogP contribution in [0.2, 0.25) is 0 Å². The number of hydrogen-bond donors (Lipinski definition) is 0. The van der Waals surface area contributed by atoms with Crippen molar-refractivity contribution in [3.05, 3.63) is 63.3 Å². The quantitative estimate of drug-likeness (QED) is 0.696. The third-order valence-electron chi connectivity index (χ3n) is 3.27. The molecule has 1 aromatic carbocycles. The second-order valence-electron chi connectivity index (χ2n) is 4.61. The van der Waals surface area contributed by atoms with Crippen molar-refractivity contribution in [3.8, 4) is 0 Å². The van der Waals surface area contributed by atoms with Crippen molar-refractivity contribution in [2.75, 3.05) is 7.11 Å². The number of aromatic nitrogens is 2. The van der Waals surface area contributed by atoms with Gasteiger partial charge in [-0.15, -0.1) is 11.3 Å². The highest BCUT2D eigenvalue weighted by molar-refractivity contribution is 7.16. The molecule has 22 heavy (non-hydrogen) atoms. The van der Waals surface area contributed by atoms with Crippen LogP contribution < -0.4 is 5.56 Å². The molecule has 0 fully saturated rings. The molecule has 3 rings (SSSR count). The zero-order valence-electron chi connectivity index (χ0n) is 11.6. The van der Waals surface area contributed by atoms with Crippen molar-refractivity contribution in [1.82, 2.24) is 9.55 Å². The van der Waals surface area contributed by atoms with Gasteiger partial charge in [-0.1, -0.05) is 6.07 Å². The molecule has 0 aliphatic carbocycles. The van der Waals surface area contributed by atoms with Gasteiger partial charge in [-0.3, -0.25) is 9.36 Å². The maximum atomic E-state index is 13.3. The van der Waals surface area contributed by atoms with Gasteiger partial charge in [0.2, 0.25) is 0 Å². The van der Waals surface area contributed by atoms with Crippen LogP contribution in [0.1, 0.15) is 15.9 Å². The van der Waals surface area contributed by atoms with Gasteiger partial charge in [0.1, 0.15) is 10.6 Å². The molecule has 7 heteroatoms. The van der Waals surface area contributed by atoms with Crippen molar-refractivity contribution in [3.63, 3.8) is 0 Å². The maximum Gasteiger partial charge on any atom is 0.338 e. The first-order valence-corrected chi connectivity index (χ1v) is 7.27. The van der Waals surface area contributed by atoms with Crippen LogP contribution in [0.5, 0.6) is 0 Å². The Kier molecular flexibility index (Phi) is 3.72. The molecule has 0 saturated heterocycles. The van der Waals surface area contributed by atoms with Crippen LogP contribution in [0.3, 0.4) is 0 Å². The Morgan fingerprint density at radius 1 is 1.41 bits per heavy atom. The first-order valence-electron chi connectivity index (χ1n) is 6.39. The van der Waals surface area contributed by atoms with Crippen LogP contribution in [0.25, 0.3) is 10.2 Å². The fourth-order valence-electron chi connectivity index (χ4n) is 2.18. The number of carbonyl (C=O) groups excluding carboxylic acids is 1. The molecule has 2 aromatic heterocycles. The van der Waals surface area contributed by atoms with Crippen molar-refractivity contribution < 1.29 is 13.9 Å². The van der Waals surface area contributed by atoms with Gasteiger partial charge in [0.25, 0.3) is 5.56 Å². The number of methoxy groups -OCH3 is 1. The zero-order valence-corrected chi connectivity index (χ0v) is 12.4. The van der Waals surface area contributed by atoms with Crippen LogP contribution in [-0.4, -0.2) is 22.6 Å². The second-order valence-corrected chi connectivity index (χ2v) is 5.50. The van der Waals surface area contributed by atoms with Crippen LogP contribution in [-0.2, 0) is 11.3 Å². The number of thiophene rings is 1. The van der Waals surface area contributed by atoms with E-state index < -0.39 is 11.8 Å². The topological polar surface area (TPSA) is 61.2 Å². The van der Waals surface area contributed by atoms with Gasteiger partial charge in [-0.05, 0) is 29.1 Å². The SMILES string of the molecule is COC(=O)c1cc(F)ccc1Cn1cnc2sccc2c1=O. The molecule has 0 radical (unpaired) electrons. The summed E-state index contributed by atoms with van der Waals surface area (Å²) in [6.07, 6.45) is 1.42. The van der Waals surface area contributed by atoms with E-state index in [9.17, 15) is 14.0 Å². The fourth-order valence-corrected chi connectivity index (χ4v) is 2.90. The van der Waals surface area contributed by atoms with E-state index in [1.807, 2.05) is 0 Å². The predicted octanol–water partition coefficient (Wildman–Crippen LogP) is 2.43. The van der Waals surface area contributed by atoms with Crippen LogP contribution >= 0.6 is 11.3 Å². The normalized spacial score (nSPS) is 10.8. The largest absolute Gasteiger partial charge is 0.465 e. The van der Waals surface area contributed by atoms with Crippen LogP contribution in [0, 0.1) is 5.82 Å². The van der Waals surface area contributed by atoms with E-state index in [0.717, 1.165) is 6.07 Å². The predicted molar refractivity (Wildman–Crippen MR) is 80.7 cm³/mol. The third kappa shape index (κ3) is 2.50. The number of hydrogen-bond acceptors (Lipinski definition) is 5. The Morgan fingerprint density at radius 2 is 2.23 bits per heavy atom. The Balaban J connectivity index is 2.07. The number of ether oxygens (including phenoxy) is 1. The molecule has 0 atom stereocenters. The third-order valence-corrected chi connectivity index (χ3v) is 4.09. The monoisotopic (exact) mass is 318 g/mol. The highest BCUT2D eigenvalue weighted by Crippen LogP contribution is 2.16. The minimum absolute atomic E-state index is 0.0971. The Labute approximate surface area is 128 Å². The molecule has 2 heterocycles. The van der Waals surface area contributed by atoms with Crippen molar-refractivity contribution in [2.24, 2.45) is 0 Å². The molecule has 3 aromatic rings. The lowest BCUT2D eigenvalue weighted by Gasteiger charge is -2.10. The molecular formula is C15H11FN2O3S. The Bertz CT molecular complexity index is 917. The Morgan fingerprint density at radius 3 is 3.00 bits per heavy atom. The first-order chi connectivity index (χ1) is 10.6. The van der Waals surface area contributed by atoms with Gasteiger partial charge >= 0.3 is 5.97 Å². The molecule has 112 valence electrons. The van der Waals surface area contributed by atoms with E-state index in [0.29, 0.717) is 15.8 Å². The summed E-state index contributed by atoms with van der Waals surface area (Å²) in [6.45, 7) is 0.113. The summed E-state index contributed by atoms with van der Waals surface area (Å²) < 4.78 is 19.4. The molecule has 0 spiro atoms. The van der Waals surface area contributed by atoms with Gasteiger partial charge in [0.05, 0.1) is 30.9 Å². The van der Waals surface area contributed by atoms with E-state index >= 15 is 0 Å². The van der Waals surface area contributed by atoms with Gasteiger partial charge in [0.15, 0.2) is 0 Å². The van der Waals surface area contributed by atoms with E-state index in [2.05, 4.69) is 9.72 Å². The van der Waals surface area contributed by atoms with E-state index in [1.165, 1.54) is 41.5 Å². The minimum Gasteiger partial charge on any atom is -0.465 e. The van der Waals surface area contributed by atoms with Crippen LogP contribution in [0.4, 0.5) is 4.39 Å². The summed E-state index contributed by atoms with van der Waals surface area (Å²) >= 11 is 1.38. The van der Waals surface area contributed by atoms with E-state index in [-0.39, 0.29) is 17.7 Å². The van der Waals surface area contributed by atoms with Crippen molar-refractivity contribution in [2.45, 2.75) is 6.54 Å². The summed E-state index contributed by atoms with van der Waals surface area (Å²) in [4.78, 5) is 29.0. The minimum atomic E-state index is -0.646. The summed E-state index contributed by atoms with van der Waals surface area (Å²) in [5.74, 6) is -1.19. The molecule has 0 saturated carbocycles. The molecule has 0 bridgehead atoms. The summed E-state index contributed by atoms with van der Waals surface area (Å²) in [7, 11) is 1.22. The lowest BCUT2D eigenvalue weighted by Crippen LogP contribution is -2.21. The molecule has 0 aliphatic heterocycles. The summed E-state index contributed by atoms with van der Waals surface area (Å²) in [5, 5.41) is 2.32. The lowest BCUT2D eigenvalue weighted by molar-refractivity contribution is 0.0598. The molecular weight excluding hydrogens is 307 g/mol. The molecule has 0 aliphatic rings. The first kappa shape index (κ1) is 14.4. The number of halogens is 1. The fraction of sp³-hybridized carbons (Fsp3) is 0.133. The average molecular weight is 318 g/mol. The molecule has 0 unspecified atom stereocenters. The smallest absolute Gasteiger partial charge is 0.338 e. The van der Waals surface area contributed by atoms with Crippen LogP contribution in [0.15, 0.2) is 40.8 Å². The van der Waals surface area contributed by atoms with Crippen molar-refractivity contribution >= 4 is 27.5 Å². The lowest BCUT2D eigenvalue weighted by atomic mass is 10.1. The number of esters is 1. The standard InChI is InChI=1S/C15H11FN2O3S/c1-21-15(20)12-6-10(16)3-2-9(12)7-18-8-17-13-11(14(18)19)4-5-22-13/h2-6,8H,7H2,1H3. The van der Waals surface area contributed by atoms with Gasteiger partial charge in [0, 0.05) is 0 Å². The highest BCUT2D eigenvalue weighted by Gasteiger charge is 2.14. The van der Waals surface area contributed by atoms with Gasteiger partial charge in [-0.2, -0.15) is 0 Å². The van der Waals surface area contributed by atoms with Gasteiger partial charge in [-0.25, -0.2) is 14.2 Å². The number of carbonyl (C=O) groups is 1. The zero-order chi connectivity index (χ0) is 15.7. The molecule has 0 N–H and O–H groups in total. The van der Waals surface area contributed by atoms with Crippen molar-refractivity contribution in [1.29, 1.82) is 0 Å². The summed E-state index contributed by atoms with van der Waals surface area (Å²) in [5.41, 5.74) is 0.387. The average Bonchev–Trinajstić information content (AvgIpc) is 3.00. The highest BCUT2D eigenvalue weighted by atomic mass is 32.1. The van der Waals surface area contributed by atoms with Gasteiger partial charge < -0.3 is 4.74 Å². The second kappa shape index (κ2) is 5.69. The number of benzene rings is 1. The maximum absolute atomic E-state index is 13.3. The summed E-state index contributed by atoms with van der Waals surface area (Å²) in [6, 6.07) is 5.51. The number of nitrogens with zero attached hydrogens (tertiary/aromatic N) is 2. The van der Waals surface area contributed by atoms with E-state index in [4.69, 9.17) is 0 Å². The number of rotatable bonds is 3. The molecule has 0 amide bonds. The molecule has 5 nitrogen and oxygen atoms in total. The van der Waals surface area contributed by atoms with E-state index in [1.54, 1.807) is 11.4 Å². The Hall–Kier alpha value is -2.54. The number of fused-ring (bicyclic) bond motifs is 1.